The van der Waals surface area contributed by atoms with Crippen molar-refractivity contribution in [2.24, 2.45) is 7.05 Å². The Kier molecular flexibility index (Phi) is 3.92. The van der Waals surface area contributed by atoms with Gasteiger partial charge in [-0.1, -0.05) is 25.4 Å². The number of hydrogen-bond acceptors (Lipinski definition) is 4. The van der Waals surface area contributed by atoms with Gasteiger partial charge in [-0.25, -0.2) is 4.68 Å². The number of anilines is 1. The second-order valence-electron chi connectivity index (χ2n) is 5.12. The van der Waals surface area contributed by atoms with E-state index < -0.39 is 0 Å². The average molecular weight is 288 g/mol. The zero-order valence-electron chi connectivity index (χ0n) is 10.9. The van der Waals surface area contributed by atoms with Crippen molar-refractivity contribution < 1.29 is 0 Å². The Morgan fingerprint density at radius 2 is 2.17 bits per heavy atom. The van der Waals surface area contributed by atoms with Gasteiger partial charge in [0.15, 0.2) is 0 Å². The van der Waals surface area contributed by atoms with E-state index in [0.717, 1.165) is 31.0 Å². The van der Waals surface area contributed by atoms with E-state index in [1.807, 2.05) is 11.8 Å². The molecule has 4 nitrogen and oxygen atoms in total. The molecule has 1 fully saturated rings. The highest BCUT2D eigenvalue weighted by molar-refractivity contribution is 8.00. The second kappa shape index (κ2) is 5.13. The normalized spacial score (nSPS) is 19.7. The van der Waals surface area contributed by atoms with E-state index >= 15 is 0 Å². The van der Waals surface area contributed by atoms with E-state index in [2.05, 4.69) is 23.8 Å². The molecule has 6 heteroatoms. The lowest BCUT2D eigenvalue weighted by atomic mass is 10.1. The minimum absolute atomic E-state index is 0.231. The summed E-state index contributed by atoms with van der Waals surface area (Å²) in [6.45, 7) is 6.33. The predicted molar refractivity (Wildman–Crippen MR) is 77.9 cm³/mol. The molecule has 1 aliphatic heterocycles. The van der Waals surface area contributed by atoms with Crippen LogP contribution >= 0.6 is 23.4 Å². The Labute approximate surface area is 116 Å². The van der Waals surface area contributed by atoms with Crippen LogP contribution in [0.5, 0.6) is 0 Å². The highest BCUT2D eigenvalue weighted by Gasteiger charge is 2.25. The SMILES string of the molecule is Cn1ncc(N2CCSC(C)(C)CC2)c(Cl)c1=O. The summed E-state index contributed by atoms with van der Waals surface area (Å²) in [6.07, 6.45) is 2.76. The van der Waals surface area contributed by atoms with Crippen molar-refractivity contribution >= 4 is 29.1 Å². The predicted octanol–water partition coefficient (Wildman–Crippen LogP) is 2.16. The van der Waals surface area contributed by atoms with Gasteiger partial charge in [0.2, 0.25) is 0 Å². The lowest BCUT2D eigenvalue weighted by Crippen LogP contribution is -2.30. The molecule has 0 aliphatic carbocycles. The van der Waals surface area contributed by atoms with Crippen LogP contribution in [0, 0.1) is 0 Å². The van der Waals surface area contributed by atoms with Gasteiger partial charge in [-0.15, -0.1) is 0 Å². The molecule has 0 radical (unpaired) electrons. The van der Waals surface area contributed by atoms with Crippen LogP contribution < -0.4 is 10.5 Å². The minimum atomic E-state index is -0.231. The van der Waals surface area contributed by atoms with Crippen molar-refractivity contribution in [1.82, 2.24) is 9.78 Å². The summed E-state index contributed by atoms with van der Waals surface area (Å²) >= 11 is 8.10. The van der Waals surface area contributed by atoms with E-state index in [0.29, 0.717) is 0 Å². The Morgan fingerprint density at radius 3 is 2.89 bits per heavy atom. The van der Waals surface area contributed by atoms with Crippen LogP contribution in [0.2, 0.25) is 5.02 Å². The fraction of sp³-hybridized carbons (Fsp3) is 0.667. The summed E-state index contributed by atoms with van der Waals surface area (Å²) < 4.78 is 1.55. The molecule has 1 aromatic heterocycles. The van der Waals surface area contributed by atoms with Crippen LogP contribution in [0.25, 0.3) is 0 Å². The van der Waals surface area contributed by atoms with Gasteiger partial charge in [0, 0.05) is 30.6 Å². The maximum absolute atomic E-state index is 11.8. The lowest BCUT2D eigenvalue weighted by Gasteiger charge is -2.24. The van der Waals surface area contributed by atoms with E-state index in [1.54, 1.807) is 13.2 Å². The van der Waals surface area contributed by atoms with E-state index in [9.17, 15) is 4.79 Å². The van der Waals surface area contributed by atoms with E-state index in [1.165, 1.54) is 4.68 Å². The Morgan fingerprint density at radius 1 is 1.44 bits per heavy atom. The quantitative estimate of drug-likeness (QED) is 0.793. The maximum atomic E-state index is 11.8. The summed E-state index contributed by atoms with van der Waals surface area (Å²) in [5.74, 6) is 1.04. The van der Waals surface area contributed by atoms with Crippen molar-refractivity contribution in [3.8, 4) is 0 Å². The molecule has 1 aliphatic rings. The molecule has 0 atom stereocenters. The molecule has 0 unspecified atom stereocenters. The first-order chi connectivity index (χ1) is 8.41. The van der Waals surface area contributed by atoms with Crippen molar-refractivity contribution in [1.29, 1.82) is 0 Å². The molecule has 0 aromatic carbocycles. The molecule has 18 heavy (non-hydrogen) atoms. The number of hydrogen-bond donors (Lipinski definition) is 0. The van der Waals surface area contributed by atoms with E-state index in [4.69, 9.17) is 11.6 Å². The minimum Gasteiger partial charge on any atom is -0.368 e. The molecule has 2 rings (SSSR count). The van der Waals surface area contributed by atoms with Crippen molar-refractivity contribution in [2.45, 2.75) is 25.0 Å². The fourth-order valence-corrected chi connectivity index (χ4v) is 3.37. The lowest BCUT2D eigenvalue weighted by molar-refractivity contribution is 0.634. The Hall–Kier alpha value is -0.680. The zero-order valence-corrected chi connectivity index (χ0v) is 12.5. The molecule has 0 spiro atoms. The fourth-order valence-electron chi connectivity index (χ4n) is 1.98. The third kappa shape index (κ3) is 2.83. The van der Waals surface area contributed by atoms with Gasteiger partial charge in [-0.05, 0) is 6.42 Å². The first kappa shape index (κ1) is 13.7. The van der Waals surface area contributed by atoms with Crippen molar-refractivity contribution in [3.05, 3.63) is 21.6 Å². The van der Waals surface area contributed by atoms with Gasteiger partial charge in [0.25, 0.3) is 5.56 Å². The largest absolute Gasteiger partial charge is 0.368 e. The number of thioether (sulfide) groups is 1. The van der Waals surface area contributed by atoms with Gasteiger partial charge < -0.3 is 4.90 Å². The van der Waals surface area contributed by atoms with Crippen molar-refractivity contribution in [2.75, 3.05) is 23.7 Å². The van der Waals surface area contributed by atoms with Crippen LogP contribution in [0.15, 0.2) is 11.0 Å². The number of halogens is 1. The third-order valence-corrected chi connectivity index (χ3v) is 4.97. The Balaban J connectivity index is 2.27. The van der Waals surface area contributed by atoms with Gasteiger partial charge >= 0.3 is 0 Å². The highest BCUT2D eigenvalue weighted by atomic mass is 35.5. The van der Waals surface area contributed by atoms with Crippen molar-refractivity contribution in [3.63, 3.8) is 0 Å². The molecule has 0 bridgehead atoms. The smallest absolute Gasteiger partial charge is 0.287 e. The number of nitrogens with zero attached hydrogens (tertiary/aromatic N) is 3. The average Bonchev–Trinajstić information content (AvgIpc) is 2.48. The van der Waals surface area contributed by atoms with Crippen LogP contribution in [0.4, 0.5) is 5.69 Å². The standard InChI is InChI=1S/C12H18ClN3OS/c1-12(2)4-5-16(6-7-18-12)9-8-14-15(3)11(17)10(9)13/h8H,4-7H2,1-3H3. The topological polar surface area (TPSA) is 38.1 Å². The van der Waals surface area contributed by atoms with Gasteiger partial charge in [-0.2, -0.15) is 16.9 Å². The molecular formula is C12H18ClN3OS. The van der Waals surface area contributed by atoms with Crippen LogP contribution in [-0.2, 0) is 7.05 Å². The van der Waals surface area contributed by atoms with Gasteiger partial charge in [0.1, 0.15) is 5.02 Å². The highest BCUT2D eigenvalue weighted by Crippen LogP contribution is 2.33. The van der Waals surface area contributed by atoms with Gasteiger partial charge in [0.05, 0.1) is 11.9 Å². The summed E-state index contributed by atoms with van der Waals surface area (Å²) in [5, 5.41) is 4.33. The van der Waals surface area contributed by atoms with Crippen LogP contribution in [0.3, 0.4) is 0 Å². The first-order valence-electron chi connectivity index (χ1n) is 6.01. The van der Waals surface area contributed by atoms with Gasteiger partial charge in [-0.3, -0.25) is 4.79 Å². The molecule has 0 saturated carbocycles. The number of rotatable bonds is 1. The summed E-state index contributed by atoms with van der Waals surface area (Å²) in [4.78, 5) is 13.9. The number of aromatic nitrogens is 2. The molecule has 0 N–H and O–H groups in total. The number of aryl methyl sites for hydroxylation is 1. The summed E-state index contributed by atoms with van der Waals surface area (Å²) in [7, 11) is 1.61. The molecule has 2 heterocycles. The molecule has 0 amide bonds. The van der Waals surface area contributed by atoms with E-state index in [-0.39, 0.29) is 15.3 Å². The zero-order chi connectivity index (χ0) is 13.3. The monoisotopic (exact) mass is 287 g/mol. The second-order valence-corrected chi connectivity index (χ2v) is 7.30. The summed E-state index contributed by atoms with van der Waals surface area (Å²) in [6, 6.07) is 0. The maximum Gasteiger partial charge on any atom is 0.287 e. The first-order valence-corrected chi connectivity index (χ1v) is 7.38. The van der Waals surface area contributed by atoms with Crippen LogP contribution in [0.1, 0.15) is 20.3 Å². The molecule has 1 aromatic rings. The molecular weight excluding hydrogens is 270 g/mol. The third-order valence-electron chi connectivity index (χ3n) is 3.24. The van der Waals surface area contributed by atoms with Crippen LogP contribution in [-0.4, -0.2) is 33.4 Å². The molecule has 100 valence electrons. The Bertz CT molecular complexity index is 501. The summed E-state index contributed by atoms with van der Waals surface area (Å²) in [5.41, 5.74) is 0.531. The molecule has 1 saturated heterocycles.